The molecule has 5 nitrogen and oxygen atoms in total. The molecule has 1 saturated heterocycles. The summed E-state index contributed by atoms with van der Waals surface area (Å²) in [6, 6.07) is 9.72. The van der Waals surface area contributed by atoms with Gasteiger partial charge in [-0.05, 0) is 12.1 Å². The number of hydrogen-bond acceptors (Lipinski definition) is 3. The van der Waals surface area contributed by atoms with Gasteiger partial charge in [0.2, 0.25) is 5.91 Å². The van der Waals surface area contributed by atoms with Crippen LogP contribution in [0.1, 0.15) is 12.6 Å². The topological polar surface area (TPSA) is 42.1 Å². The summed E-state index contributed by atoms with van der Waals surface area (Å²) in [5, 5.41) is 2.85. The zero-order valence-electron chi connectivity index (χ0n) is 13.7. The molecule has 1 fully saturated rings. The van der Waals surface area contributed by atoms with Crippen LogP contribution in [0, 0.1) is 0 Å². The minimum atomic E-state index is -0.00681. The molecule has 6 heteroatoms. The Morgan fingerprint density at radius 2 is 1.91 bits per heavy atom. The largest absolute Gasteiger partial charge is 0.328 e. The van der Waals surface area contributed by atoms with Gasteiger partial charge in [0.15, 0.2) is 5.13 Å². The molecule has 23 heavy (non-hydrogen) atoms. The van der Waals surface area contributed by atoms with Crippen LogP contribution in [0.5, 0.6) is 0 Å². The van der Waals surface area contributed by atoms with Crippen LogP contribution < -0.4 is 14.7 Å². The van der Waals surface area contributed by atoms with Gasteiger partial charge in [-0.3, -0.25) is 9.69 Å². The number of aromatic nitrogens is 1. The van der Waals surface area contributed by atoms with Crippen LogP contribution in [-0.4, -0.2) is 44.1 Å². The highest BCUT2D eigenvalue weighted by Gasteiger charge is 2.22. The Labute approximate surface area is 141 Å². The number of anilines is 2. The molecule has 0 unspecified atom stereocenters. The number of benzene rings is 1. The van der Waals surface area contributed by atoms with Gasteiger partial charge in [-0.15, -0.1) is 11.3 Å². The highest BCUT2D eigenvalue weighted by atomic mass is 32.1. The molecule has 1 aliphatic rings. The van der Waals surface area contributed by atoms with Crippen molar-refractivity contribution in [3.8, 4) is 0 Å². The molecule has 2 aromatic rings. The third kappa shape index (κ3) is 3.96. The first-order valence-electron chi connectivity index (χ1n) is 8.08. The Balaban J connectivity index is 1.73. The maximum Gasteiger partial charge on any atom is 0.230 e. The number of nitrogens with one attached hydrogen (secondary N) is 2. The lowest BCUT2D eigenvalue weighted by molar-refractivity contribution is -1.01. The molecular weight excluding hydrogens is 308 g/mol. The summed E-state index contributed by atoms with van der Waals surface area (Å²) in [5.74, 6) is -0.00681. The van der Waals surface area contributed by atoms with Crippen molar-refractivity contribution in [3.05, 3.63) is 41.4 Å². The Morgan fingerprint density at radius 1 is 1.22 bits per heavy atom. The first-order chi connectivity index (χ1) is 11.1. The third-order valence-electron chi connectivity index (χ3n) is 4.30. The fraction of sp³-hybridized carbons (Fsp3) is 0.412. The lowest BCUT2D eigenvalue weighted by atomic mass is 10.3. The number of thiazole rings is 1. The van der Waals surface area contributed by atoms with Crippen molar-refractivity contribution >= 4 is 28.1 Å². The molecule has 0 spiro atoms. The van der Waals surface area contributed by atoms with Gasteiger partial charge in [-0.25, -0.2) is 4.98 Å². The van der Waals surface area contributed by atoms with Gasteiger partial charge in [-0.1, -0.05) is 18.2 Å². The zero-order valence-corrected chi connectivity index (χ0v) is 14.5. The zero-order chi connectivity index (χ0) is 16.2. The fourth-order valence-electron chi connectivity index (χ4n) is 2.95. The first-order valence-corrected chi connectivity index (χ1v) is 8.96. The second-order valence-electron chi connectivity index (χ2n) is 6.20. The molecule has 3 rings (SSSR count). The normalized spacial score (nSPS) is 21.1. The summed E-state index contributed by atoms with van der Waals surface area (Å²) in [7, 11) is 2.25. The van der Waals surface area contributed by atoms with Crippen LogP contribution >= 0.6 is 11.3 Å². The summed E-state index contributed by atoms with van der Waals surface area (Å²) < 4.78 is 0. The number of likely N-dealkylation sites (N-methyl/N-ethyl adjacent to an activating group) is 1. The molecule has 122 valence electrons. The average Bonchev–Trinajstić information content (AvgIpc) is 2.98. The van der Waals surface area contributed by atoms with E-state index in [4.69, 9.17) is 4.98 Å². The van der Waals surface area contributed by atoms with Gasteiger partial charge in [-0.2, -0.15) is 0 Å². The number of nitrogens with zero attached hydrogens (tertiary/aromatic N) is 2. The van der Waals surface area contributed by atoms with Gasteiger partial charge >= 0.3 is 0 Å². The van der Waals surface area contributed by atoms with Crippen molar-refractivity contribution in [1.29, 1.82) is 0 Å². The van der Waals surface area contributed by atoms with Crippen LogP contribution in [0.3, 0.4) is 0 Å². The number of quaternary nitrogens is 2. The maximum absolute atomic E-state index is 12.1. The van der Waals surface area contributed by atoms with E-state index in [2.05, 4.69) is 12.4 Å². The predicted molar refractivity (Wildman–Crippen MR) is 92.4 cm³/mol. The van der Waals surface area contributed by atoms with Crippen LogP contribution in [-0.2, 0) is 11.3 Å². The lowest BCUT2D eigenvalue weighted by Crippen LogP contribution is -3.26. The third-order valence-corrected chi connectivity index (χ3v) is 5.18. The van der Waals surface area contributed by atoms with Crippen LogP contribution in [0.15, 0.2) is 35.7 Å². The van der Waals surface area contributed by atoms with E-state index in [1.54, 1.807) is 33.0 Å². The smallest absolute Gasteiger partial charge is 0.230 e. The summed E-state index contributed by atoms with van der Waals surface area (Å²) in [5.41, 5.74) is 1.96. The summed E-state index contributed by atoms with van der Waals surface area (Å²) >= 11 is 1.55. The molecule has 0 radical (unpaired) electrons. The van der Waals surface area contributed by atoms with Crippen molar-refractivity contribution in [2.45, 2.75) is 13.5 Å². The van der Waals surface area contributed by atoms with Crippen molar-refractivity contribution in [2.24, 2.45) is 0 Å². The molecule has 1 aromatic heterocycles. The molecule has 0 saturated carbocycles. The molecule has 1 amide bonds. The molecule has 0 atom stereocenters. The summed E-state index contributed by atoms with van der Waals surface area (Å²) in [4.78, 5) is 21.7. The van der Waals surface area contributed by atoms with Gasteiger partial charge in [0.05, 0.1) is 12.7 Å². The van der Waals surface area contributed by atoms with Crippen molar-refractivity contribution in [1.82, 2.24) is 4.98 Å². The molecular formula is C17H24N4OS+2. The van der Waals surface area contributed by atoms with E-state index in [-0.39, 0.29) is 5.91 Å². The number of carbonyl (C=O) groups is 1. The standard InChI is InChI=1S/C17H22N4OS/c1-14(22)21(16-6-4-3-5-7-16)17-18-15(13-23-17)12-20-10-8-19(2)9-11-20/h3-7,13H,8-12H2,1-2H3/p+2. The van der Waals surface area contributed by atoms with E-state index in [9.17, 15) is 4.79 Å². The van der Waals surface area contributed by atoms with Gasteiger partial charge in [0.1, 0.15) is 38.4 Å². The molecule has 0 aliphatic carbocycles. The second kappa shape index (κ2) is 7.21. The predicted octanol–water partition coefficient (Wildman–Crippen LogP) is -0.259. The number of carbonyl (C=O) groups excluding carboxylic acids is 1. The van der Waals surface area contributed by atoms with E-state index in [0.717, 1.165) is 23.1 Å². The highest BCUT2D eigenvalue weighted by molar-refractivity contribution is 7.14. The Morgan fingerprint density at radius 3 is 2.57 bits per heavy atom. The Hall–Kier alpha value is -1.76. The quantitative estimate of drug-likeness (QED) is 0.810. The van der Waals surface area contributed by atoms with Crippen LogP contribution in [0.2, 0.25) is 0 Å². The Bertz CT molecular complexity index is 650. The molecule has 2 N–H and O–H groups in total. The van der Waals surface area contributed by atoms with E-state index >= 15 is 0 Å². The fourth-order valence-corrected chi connectivity index (χ4v) is 3.83. The Kier molecular flexibility index (Phi) is 5.05. The minimum absolute atomic E-state index is 0.00681. The van der Waals surface area contributed by atoms with Crippen molar-refractivity contribution in [2.75, 3.05) is 38.1 Å². The number of hydrogen-bond donors (Lipinski definition) is 2. The number of piperazine rings is 1. The van der Waals surface area contributed by atoms with E-state index in [0.29, 0.717) is 0 Å². The van der Waals surface area contributed by atoms with Gasteiger partial charge in [0.25, 0.3) is 0 Å². The van der Waals surface area contributed by atoms with Crippen molar-refractivity contribution < 1.29 is 14.6 Å². The molecule has 0 bridgehead atoms. The summed E-state index contributed by atoms with van der Waals surface area (Å²) in [6.45, 7) is 7.35. The number of para-hydroxylation sites is 1. The monoisotopic (exact) mass is 332 g/mol. The van der Waals surface area contributed by atoms with E-state index in [1.165, 1.54) is 26.2 Å². The van der Waals surface area contributed by atoms with Crippen LogP contribution in [0.4, 0.5) is 10.8 Å². The molecule has 1 aliphatic heterocycles. The molecule has 1 aromatic carbocycles. The minimum Gasteiger partial charge on any atom is -0.328 e. The number of rotatable bonds is 4. The molecule has 2 heterocycles. The SMILES string of the molecule is CC(=O)N(c1ccccc1)c1nc(C[NH+]2CC[NH+](C)CC2)cs1. The summed E-state index contributed by atoms with van der Waals surface area (Å²) in [6.07, 6.45) is 0. The van der Waals surface area contributed by atoms with Crippen LogP contribution in [0.25, 0.3) is 0 Å². The maximum atomic E-state index is 12.1. The van der Waals surface area contributed by atoms with Gasteiger partial charge in [0, 0.05) is 12.3 Å². The first kappa shape index (κ1) is 16.1. The van der Waals surface area contributed by atoms with Gasteiger partial charge < -0.3 is 9.80 Å². The van der Waals surface area contributed by atoms with Crippen molar-refractivity contribution in [3.63, 3.8) is 0 Å². The van der Waals surface area contributed by atoms with E-state index < -0.39 is 0 Å². The number of amides is 1. The highest BCUT2D eigenvalue weighted by Crippen LogP contribution is 2.28. The average molecular weight is 332 g/mol. The second-order valence-corrected chi connectivity index (χ2v) is 7.03. The lowest BCUT2D eigenvalue weighted by Gasteiger charge is -2.26. The van der Waals surface area contributed by atoms with E-state index in [1.807, 2.05) is 30.3 Å².